The third-order valence-electron chi connectivity index (χ3n) is 2.76. The maximum Gasteiger partial charge on any atom is 0.139 e. The summed E-state index contributed by atoms with van der Waals surface area (Å²) in [6.07, 6.45) is 0.782. The van der Waals surface area contributed by atoms with Crippen LogP contribution in [-0.2, 0) is 20.1 Å². The Balaban J connectivity index is 2.19. The molecule has 0 aliphatic carbocycles. The zero-order valence-corrected chi connectivity index (χ0v) is 12.9. The first-order valence-electron chi connectivity index (χ1n) is 5.81. The van der Waals surface area contributed by atoms with E-state index in [-0.39, 0.29) is 0 Å². The summed E-state index contributed by atoms with van der Waals surface area (Å²) in [4.78, 5) is 0. The van der Waals surface area contributed by atoms with Crippen LogP contribution >= 0.6 is 34.8 Å². The molecule has 0 spiro atoms. The second-order valence-electron chi connectivity index (χ2n) is 4.05. The highest BCUT2D eigenvalue weighted by atomic mass is 35.5. The van der Waals surface area contributed by atoms with E-state index in [2.05, 4.69) is 5.10 Å². The summed E-state index contributed by atoms with van der Waals surface area (Å²) in [5, 5.41) is 6.05. The number of hydrogen-bond donors (Lipinski definition) is 0. The van der Waals surface area contributed by atoms with Crippen molar-refractivity contribution in [2.75, 3.05) is 0 Å². The lowest BCUT2D eigenvalue weighted by Crippen LogP contribution is -2.03. The third-order valence-corrected chi connectivity index (χ3v) is 3.74. The van der Waals surface area contributed by atoms with Crippen LogP contribution in [0.15, 0.2) is 18.2 Å². The molecule has 0 aliphatic rings. The molecule has 0 fully saturated rings. The number of aryl methyl sites for hydroxylation is 2. The van der Waals surface area contributed by atoms with Gasteiger partial charge in [0.2, 0.25) is 0 Å². The van der Waals surface area contributed by atoms with Crippen molar-refractivity contribution in [2.24, 2.45) is 7.05 Å². The second-order valence-corrected chi connectivity index (χ2v) is 5.27. The fourth-order valence-electron chi connectivity index (χ4n) is 1.71. The Hall–Kier alpha value is -0.900. The predicted octanol–water partition coefficient (Wildman–Crippen LogP) is 4.52. The molecule has 0 radical (unpaired) electrons. The molecule has 0 aliphatic heterocycles. The maximum atomic E-state index is 6.24. The van der Waals surface area contributed by atoms with Crippen LogP contribution in [0.2, 0.25) is 15.1 Å². The zero-order valence-electron chi connectivity index (χ0n) is 10.6. The highest BCUT2D eigenvalue weighted by Gasteiger charge is 2.14. The minimum atomic E-state index is 0.294. The smallest absolute Gasteiger partial charge is 0.139 e. The van der Waals surface area contributed by atoms with Gasteiger partial charge in [-0.15, -0.1) is 0 Å². The van der Waals surface area contributed by atoms with Gasteiger partial charge >= 0.3 is 0 Å². The van der Waals surface area contributed by atoms with E-state index in [4.69, 9.17) is 39.5 Å². The average molecular weight is 320 g/mol. The molecule has 0 saturated carbocycles. The largest absolute Gasteiger partial charge is 0.486 e. The number of hydrogen-bond acceptors (Lipinski definition) is 2. The molecule has 0 unspecified atom stereocenters. The van der Waals surface area contributed by atoms with Gasteiger partial charge in [-0.1, -0.05) is 41.7 Å². The van der Waals surface area contributed by atoms with Gasteiger partial charge in [-0.05, 0) is 18.6 Å². The lowest BCUT2D eigenvalue weighted by atomic mass is 10.3. The van der Waals surface area contributed by atoms with Gasteiger partial charge in [0, 0.05) is 18.1 Å². The number of ether oxygens (including phenoxy) is 1. The summed E-state index contributed by atoms with van der Waals surface area (Å²) in [7, 11) is 1.84. The first-order valence-corrected chi connectivity index (χ1v) is 6.94. The Morgan fingerprint density at radius 2 is 2.00 bits per heavy atom. The second kappa shape index (κ2) is 6.04. The molecular weight excluding hydrogens is 307 g/mol. The van der Waals surface area contributed by atoms with Gasteiger partial charge < -0.3 is 4.74 Å². The minimum absolute atomic E-state index is 0.294. The maximum absolute atomic E-state index is 6.24. The Kier molecular flexibility index (Phi) is 4.61. The highest BCUT2D eigenvalue weighted by Crippen LogP contribution is 2.29. The standard InChI is InChI=1S/C13H13Cl3N2O/c1-3-10-13(16)11(18(2)17-10)7-19-12-6-8(14)4-5-9(12)15/h4-6H,3,7H2,1-2H3. The SMILES string of the molecule is CCc1nn(C)c(COc2cc(Cl)ccc2Cl)c1Cl. The molecular formula is C13H13Cl3N2O. The van der Waals surface area contributed by atoms with Crippen LogP contribution in [0.5, 0.6) is 5.75 Å². The molecule has 1 aromatic carbocycles. The van der Waals surface area contributed by atoms with E-state index < -0.39 is 0 Å². The van der Waals surface area contributed by atoms with E-state index in [0.717, 1.165) is 17.8 Å². The topological polar surface area (TPSA) is 27.1 Å². The molecule has 0 bridgehead atoms. The van der Waals surface area contributed by atoms with Crippen LogP contribution in [0.25, 0.3) is 0 Å². The van der Waals surface area contributed by atoms with Gasteiger partial charge in [0.05, 0.1) is 21.4 Å². The quantitative estimate of drug-likeness (QED) is 0.828. The highest BCUT2D eigenvalue weighted by molar-refractivity contribution is 6.34. The van der Waals surface area contributed by atoms with Crippen LogP contribution in [0.1, 0.15) is 18.3 Å². The van der Waals surface area contributed by atoms with Crippen LogP contribution < -0.4 is 4.74 Å². The third kappa shape index (κ3) is 3.16. The molecule has 19 heavy (non-hydrogen) atoms. The molecule has 0 amide bonds. The Morgan fingerprint density at radius 1 is 1.26 bits per heavy atom. The van der Waals surface area contributed by atoms with Crippen molar-refractivity contribution in [3.63, 3.8) is 0 Å². The predicted molar refractivity (Wildman–Crippen MR) is 78.4 cm³/mol. The van der Waals surface area contributed by atoms with E-state index in [1.54, 1.807) is 22.9 Å². The minimum Gasteiger partial charge on any atom is -0.486 e. The number of aromatic nitrogens is 2. The van der Waals surface area contributed by atoms with Crippen molar-refractivity contribution >= 4 is 34.8 Å². The fourth-order valence-corrected chi connectivity index (χ4v) is 2.39. The van der Waals surface area contributed by atoms with E-state index in [1.165, 1.54) is 0 Å². The van der Waals surface area contributed by atoms with Crippen molar-refractivity contribution in [1.29, 1.82) is 0 Å². The van der Waals surface area contributed by atoms with Gasteiger partial charge in [-0.25, -0.2) is 0 Å². The van der Waals surface area contributed by atoms with E-state index >= 15 is 0 Å². The van der Waals surface area contributed by atoms with E-state index in [1.807, 2.05) is 14.0 Å². The normalized spacial score (nSPS) is 10.8. The van der Waals surface area contributed by atoms with Gasteiger partial charge in [-0.3, -0.25) is 4.68 Å². The Morgan fingerprint density at radius 3 is 2.63 bits per heavy atom. The van der Waals surface area contributed by atoms with Gasteiger partial charge in [0.25, 0.3) is 0 Å². The lowest BCUT2D eigenvalue weighted by molar-refractivity contribution is 0.295. The van der Waals surface area contributed by atoms with Gasteiger partial charge in [0.15, 0.2) is 0 Å². The Labute approximate surface area is 127 Å². The summed E-state index contributed by atoms with van der Waals surface area (Å²) in [6.45, 7) is 2.30. The molecule has 2 aromatic rings. The van der Waals surface area contributed by atoms with Crippen molar-refractivity contribution in [1.82, 2.24) is 9.78 Å². The van der Waals surface area contributed by atoms with Crippen molar-refractivity contribution in [3.05, 3.63) is 44.7 Å². The van der Waals surface area contributed by atoms with Gasteiger partial charge in [0.1, 0.15) is 12.4 Å². The van der Waals surface area contributed by atoms with E-state index in [0.29, 0.717) is 27.4 Å². The summed E-state index contributed by atoms with van der Waals surface area (Å²) >= 11 is 18.2. The summed E-state index contributed by atoms with van der Waals surface area (Å²) < 4.78 is 7.38. The van der Waals surface area contributed by atoms with Crippen LogP contribution in [0, 0.1) is 0 Å². The van der Waals surface area contributed by atoms with Crippen LogP contribution in [-0.4, -0.2) is 9.78 Å². The molecule has 0 atom stereocenters. The van der Waals surface area contributed by atoms with Crippen LogP contribution in [0.4, 0.5) is 0 Å². The molecule has 3 nitrogen and oxygen atoms in total. The van der Waals surface area contributed by atoms with Gasteiger partial charge in [-0.2, -0.15) is 5.10 Å². The summed E-state index contributed by atoms with van der Waals surface area (Å²) in [5.74, 6) is 0.532. The molecule has 1 heterocycles. The molecule has 6 heteroatoms. The van der Waals surface area contributed by atoms with Crippen molar-refractivity contribution in [3.8, 4) is 5.75 Å². The van der Waals surface area contributed by atoms with Crippen molar-refractivity contribution in [2.45, 2.75) is 20.0 Å². The first kappa shape index (κ1) is 14.5. The summed E-state index contributed by atoms with van der Waals surface area (Å²) in [6, 6.07) is 5.08. The molecule has 102 valence electrons. The molecule has 0 N–H and O–H groups in total. The monoisotopic (exact) mass is 318 g/mol. The fraction of sp³-hybridized carbons (Fsp3) is 0.308. The van der Waals surface area contributed by atoms with Crippen molar-refractivity contribution < 1.29 is 4.74 Å². The average Bonchev–Trinajstić information content (AvgIpc) is 2.66. The van der Waals surface area contributed by atoms with Crippen LogP contribution in [0.3, 0.4) is 0 Å². The zero-order chi connectivity index (χ0) is 14.0. The molecule has 0 saturated heterocycles. The molecule has 2 rings (SSSR count). The van der Waals surface area contributed by atoms with E-state index in [9.17, 15) is 0 Å². The number of nitrogens with zero attached hydrogens (tertiary/aromatic N) is 2. The first-order chi connectivity index (χ1) is 9.02. The number of rotatable bonds is 4. The lowest BCUT2D eigenvalue weighted by Gasteiger charge is -2.09. The summed E-state index contributed by atoms with van der Waals surface area (Å²) in [5.41, 5.74) is 1.68. The number of benzene rings is 1. The molecule has 1 aromatic heterocycles. The Bertz CT molecular complexity index is 596. The number of halogens is 3.